The SMILES string of the molecule is NCCCC[C@H](NC(=O)[C@H](Cc1ccc(O)cc1)NC(=O)[C@](N)(CCCCCCN=C(N)N)Cc1ccc(O)cc1)C(=O)N[C@H](CO)Cc1c[nH]c2ccccc12. The van der Waals surface area contributed by atoms with Gasteiger partial charge < -0.3 is 59.2 Å². The summed E-state index contributed by atoms with van der Waals surface area (Å²) in [6.45, 7) is 0.565. The summed E-state index contributed by atoms with van der Waals surface area (Å²) in [5.74, 6) is -1.49. The van der Waals surface area contributed by atoms with Crippen molar-refractivity contribution in [2.45, 2.75) is 94.3 Å². The van der Waals surface area contributed by atoms with Crippen LogP contribution in [0, 0.1) is 0 Å². The topological polar surface area (TPSA) is 280 Å². The molecule has 0 fully saturated rings. The number of carbonyl (C=O) groups is 3. The molecule has 3 amide bonds. The highest BCUT2D eigenvalue weighted by atomic mass is 16.3. The van der Waals surface area contributed by atoms with Gasteiger partial charge in [0.05, 0.1) is 18.2 Å². The van der Waals surface area contributed by atoms with Gasteiger partial charge in [0, 0.05) is 30.1 Å². The van der Waals surface area contributed by atoms with Gasteiger partial charge in [-0.25, -0.2) is 0 Å². The number of nitrogens with two attached hydrogens (primary N) is 4. The van der Waals surface area contributed by atoms with E-state index in [-0.39, 0.29) is 43.3 Å². The predicted octanol–water partition coefficient (Wildman–Crippen LogP) is 2.10. The van der Waals surface area contributed by atoms with Gasteiger partial charge in [0.2, 0.25) is 17.7 Å². The number of fused-ring (bicyclic) bond motifs is 1. The molecule has 0 aliphatic heterocycles. The zero-order valence-corrected chi connectivity index (χ0v) is 32.5. The molecule has 0 saturated heterocycles. The second-order valence-corrected chi connectivity index (χ2v) is 14.7. The third-order valence-electron chi connectivity index (χ3n) is 10.0. The van der Waals surface area contributed by atoms with Gasteiger partial charge in [-0.2, -0.15) is 0 Å². The molecule has 15 heteroatoms. The number of nitrogens with zero attached hydrogens (tertiary/aromatic N) is 1. The van der Waals surface area contributed by atoms with Crippen LogP contribution in [-0.4, -0.2) is 87.3 Å². The van der Waals surface area contributed by atoms with Crippen LogP contribution in [0.2, 0.25) is 0 Å². The smallest absolute Gasteiger partial charge is 0.243 e. The molecule has 1 aromatic heterocycles. The molecule has 0 radical (unpaired) electrons. The Balaban J connectivity index is 1.54. The Morgan fingerprint density at radius 3 is 2.07 bits per heavy atom. The Hall–Kier alpha value is -5.64. The number of amides is 3. The molecule has 0 bridgehead atoms. The van der Waals surface area contributed by atoms with Crippen LogP contribution in [0.4, 0.5) is 0 Å². The highest BCUT2D eigenvalue weighted by molar-refractivity contribution is 5.94. The lowest BCUT2D eigenvalue weighted by molar-refractivity contribution is -0.134. The third-order valence-corrected chi connectivity index (χ3v) is 10.0. The summed E-state index contributed by atoms with van der Waals surface area (Å²) in [5, 5.41) is 39.8. The van der Waals surface area contributed by atoms with E-state index in [2.05, 4.69) is 25.9 Å². The number of hydrogen-bond donors (Lipinski definition) is 11. The number of phenols is 2. The van der Waals surface area contributed by atoms with Crippen LogP contribution in [0.1, 0.15) is 68.1 Å². The zero-order chi connectivity index (χ0) is 41.2. The minimum Gasteiger partial charge on any atom is -0.508 e. The summed E-state index contributed by atoms with van der Waals surface area (Å²) in [6, 6.07) is 17.7. The number of benzene rings is 3. The fourth-order valence-corrected chi connectivity index (χ4v) is 6.82. The monoisotopic (exact) mass is 785 g/mol. The van der Waals surface area contributed by atoms with Gasteiger partial charge in [-0.1, -0.05) is 61.7 Å². The van der Waals surface area contributed by atoms with Gasteiger partial charge in [0.15, 0.2) is 5.96 Å². The average Bonchev–Trinajstić information content (AvgIpc) is 3.60. The van der Waals surface area contributed by atoms with Crippen molar-refractivity contribution < 1.29 is 29.7 Å². The van der Waals surface area contributed by atoms with Crippen LogP contribution in [0.3, 0.4) is 0 Å². The molecular formula is C42H59N9O6. The molecule has 1 heterocycles. The number of aromatic amines is 1. The molecule has 4 aromatic rings. The van der Waals surface area contributed by atoms with Crippen LogP contribution < -0.4 is 38.9 Å². The number of aliphatic imine (C=N–C) groups is 1. The molecule has 3 aromatic carbocycles. The maximum absolute atomic E-state index is 14.3. The molecule has 15 N–H and O–H groups in total. The van der Waals surface area contributed by atoms with Gasteiger partial charge >= 0.3 is 0 Å². The number of unbranched alkanes of at least 4 members (excludes halogenated alkanes) is 4. The molecule has 15 nitrogen and oxygen atoms in total. The first-order valence-corrected chi connectivity index (χ1v) is 19.6. The number of aromatic hydroxyl groups is 2. The number of para-hydroxylation sites is 1. The van der Waals surface area contributed by atoms with Crippen molar-refractivity contribution in [1.82, 2.24) is 20.9 Å². The van der Waals surface area contributed by atoms with Crippen molar-refractivity contribution in [1.29, 1.82) is 0 Å². The largest absolute Gasteiger partial charge is 0.508 e. The first-order valence-electron chi connectivity index (χ1n) is 19.6. The summed E-state index contributed by atoms with van der Waals surface area (Å²) < 4.78 is 0. The maximum atomic E-state index is 14.3. The lowest BCUT2D eigenvalue weighted by Gasteiger charge is -2.31. The van der Waals surface area contributed by atoms with E-state index >= 15 is 0 Å². The Morgan fingerprint density at radius 2 is 1.40 bits per heavy atom. The first-order chi connectivity index (χ1) is 27.4. The number of guanidine groups is 1. The van der Waals surface area contributed by atoms with E-state index in [1.165, 1.54) is 24.3 Å². The summed E-state index contributed by atoms with van der Waals surface area (Å²) >= 11 is 0. The molecule has 0 spiro atoms. The molecule has 308 valence electrons. The van der Waals surface area contributed by atoms with Crippen LogP contribution in [0.5, 0.6) is 11.5 Å². The normalized spacial score (nSPS) is 13.9. The molecule has 0 unspecified atom stereocenters. The second kappa shape index (κ2) is 22.2. The Morgan fingerprint density at radius 1 is 0.754 bits per heavy atom. The van der Waals surface area contributed by atoms with E-state index in [0.29, 0.717) is 50.8 Å². The number of nitrogens with one attached hydrogen (secondary N) is 4. The molecular weight excluding hydrogens is 727 g/mol. The summed E-state index contributed by atoms with van der Waals surface area (Å²) in [6.07, 6.45) is 7.02. The van der Waals surface area contributed by atoms with Crippen molar-refractivity contribution in [2.24, 2.45) is 27.9 Å². The van der Waals surface area contributed by atoms with E-state index in [1.54, 1.807) is 24.3 Å². The van der Waals surface area contributed by atoms with Gasteiger partial charge in [0.1, 0.15) is 23.6 Å². The molecule has 0 aliphatic carbocycles. The fourth-order valence-electron chi connectivity index (χ4n) is 6.82. The van der Waals surface area contributed by atoms with Crippen molar-refractivity contribution >= 4 is 34.6 Å². The Kier molecular flexibility index (Phi) is 17.2. The maximum Gasteiger partial charge on any atom is 0.243 e. The van der Waals surface area contributed by atoms with Crippen LogP contribution in [-0.2, 0) is 33.6 Å². The zero-order valence-electron chi connectivity index (χ0n) is 32.5. The predicted molar refractivity (Wildman–Crippen MR) is 222 cm³/mol. The van der Waals surface area contributed by atoms with Crippen LogP contribution in [0.15, 0.2) is 84.0 Å². The lowest BCUT2D eigenvalue weighted by atomic mass is 9.85. The number of hydrogen-bond acceptors (Lipinski definition) is 9. The third kappa shape index (κ3) is 14.1. The number of rotatable bonds is 24. The van der Waals surface area contributed by atoms with Crippen molar-refractivity contribution in [3.63, 3.8) is 0 Å². The number of aromatic nitrogens is 1. The quantitative estimate of drug-likeness (QED) is 0.0280. The summed E-state index contributed by atoms with van der Waals surface area (Å²) in [7, 11) is 0. The van der Waals surface area contributed by atoms with Gasteiger partial charge in [-0.05, 0) is 98.5 Å². The number of aliphatic hydroxyl groups excluding tert-OH is 1. The minimum atomic E-state index is -1.45. The molecule has 57 heavy (non-hydrogen) atoms. The molecule has 0 saturated carbocycles. The highest BCUT2D eigenvalue weighted by Gasteiger charge is 2.37. The number of phenolic OH excluding ortho intramolecular Hbond substituents is 2. The van der Waals surface area contributed by atoms with Gasteiger partial charge in [-0.15, -0.1) is 0 Å². The van der Waals surface area contributed by atoms with Crippen molar-refractivity contribution in [2.75, 3.05) is 19.7 Å². The van der Waals surface area contributed by atoms with Crippen molar-refractivity contribution in [3.05, 3.63) is 95.7 Å². The van der Waals surface area contributed by atoms with Gasteiger partial charge in [0.25, 0.3) is 0 Å². The number of H-pyrrole nitrogens is 1. The van der Waals surface area contributed by atoms with E-state index in [9.17, 15) is 29.7 Å². The fraction of sp³-hybridized carbons (Fsp3) is 0.429. The minimum absolute atomic E-state index is 0.0331. The van der Waals surface area contributed by atoms with E-state index in [0.717, 1.165) is 41.3 Å². The van der Waals surface area contributed by atoms with Gasteiger partial charge in [-0.3, -0.25) is 19.4 Å². The van der Waals surface area contributed by atoms with E-state index in [4.69, 9.17) is 22.9 Å². The molecule has 4 atom stereocenters. The standard InChI is InChI=1S/C42H59N9O6/c43-21-7-5-11-36(38(55)49-31(27-52)24-30-26-48-35-10-4-3-9-34(30)35)50-39(56)37(23-28-12-16-32(53)17-13-28)51-40(57)42(46,25-29-14-18-33(54)19-15-29)20-6-1-2-8-22-47-41(44)45/h3-4,9-10,12-19,26,31,36-37,48,52-54H,1-2,5-8,11,20-25,27,43,46H2,(H,49,55)(H,50,56)(H,51,57)(H4,44,45,47)/t31-,36-,37-,42-/m0/s1. The highest BCUT2D eigenvalue weighted by Crippen LogP contribution is 2.23. The van der Waals surface area contributed by atoms with Crippen LogP contribution in [0.25, 0.3) is 10.9 Å². The first kappa shape index (κ1) is 44.1. The summed E-state index contributed by atoms with van der Waals surface area (Å²) in [5.41, 5.74) is 25.4. The average molecular weight is 786 g/mol. The number of carbonyl (C=O) groups excluding carboxylic acids is 3. The Bertz CT molecular complexity index is 1900. The Labute approximate surface area is 333 Å². The molecule has 0 aliphatic rings. The second-order valence-electron chi connectivity index (χ2n) is 14.7. The lowest BCUT2D eigenvalue weighted by Crippen LogP contribution is -2.61. The van der Waals surface area contributed by atoms with Crippen LogP contribution >= 0.6 is 0 Å². The number of aliphatic hydroxyl groups is 1. The van der Waals surface area contributed by atoms with E-state index in [1.807, 2.05) is 30.5 Å². The molecule has 4 rings (SSSR count). The summed E-state index contributed by atoms with van der Waals surface area (Å²) in [4.78, 5) is 49.7. The van der Waals surface area contributed by atoms with Crippen molar-refractivity contribution in [3.8, 4) is 11.5 Å². The van der Waals surface area contributed by atoms with E-state index < -0.39 is 41.4 Å².